The standard InChI is InChI=1S/C11H12N2S.2ClH/c1-8-2-4-9(5-3-8)11-13-10(6-12)7-14-11;;/h2-5,7H,6,12H2,1H3;2*1H. The number of aryl methyl sites for hydroxylation is 1. The number of nitrogens with zero attached hydrogens (tertiary/aromatic N) is 1. The molecule has 5 heteroatoms. The van der Waals surface area contributed by atoms with E-state index in [4.69, 9.17) is 5.73 Å². The maximum atomic E-state index is 5.51. The lowest BCUT2D eigenvalue weighted by molar-refractivity contribution is 1.01. The molecule has 88 valence electrons. The van der Waals surface area contributed by atoms with Gasteiger partial charge in [-0.25, -0.2) is 4.98 Å². The Morgan fingerprint density at radius 3 is 2.31 bits per heavy atom. The van der Waals surface area contributed by atoms with Crippen LogP contribution in [0.15, 0.2) is 29.6 Å². The van der Waals surface area contributed by atoms with E-state index in [1.54, 1.807) is 11.3 Å². The van der Waals surface area contributed by atoms with Crippen LogP contribution in [0.2, 0.25) is 0 Å². The van der Waals surface area contributed by atoms with Gasteiger partial charge >= 0.3 is 0 Å². The number of hydrogen-bond acceptors (Lipinski definition) is 3. The summed E-state index contributed by atoms with van der Waals surface area (Å²) >= 11 is 1.64. The minimum absolute atomic E-state index is 0. The van der Waals surface area contributed by atoms with Crippen molar-refractivity contribution in [3.8, 4) is 10.6 Å². The van der Waals surface area contributed by atoms with E-state index in [2.05, 4.69) is 36.2 Å². The van der Waals surface area contributed by atoms with Crippen molar-refractivity contribution in [2.45, 2.75) is 13.5 Å². The Morgan fingerprint density at radius 2 is 1.81 bits per heavy atom. The molecule has 0 aliphatic heterocycles. The minimum atomic E-state index is 0. The van der Waals surface area contributed by atoms with Gasteiger partial charge in [-0.2, -0.15) is 0 Å². The van der Waals surface area contributed by atoms with Gasteiger partial charge in [0.2, 0.25) is 0 Å². The molecule has 0 bridgehead atoms. The van der Waals surface area contributed by atoms with Crippen LogP contribution < -0.4 is 5.73 Å². The van der Waals surface area contributed by atoms with E-state index in [0.29, 0.717) is 6.54 Å². The average Bonchev–Trinajstić information content (AvgIpc) is 2.67. The Bertz CT molecular complexity index is 426. The van der Waals surface area contributed by atoms with Crippen LogP contribution in [0.25, 0.3) is 10.6 Å². The lowest BCUT2D eigenvalue weighted by Crippen LogP contribution is -1.95. The molecule has 1 heterocycles. The summed E-state index contributed by atoms with van der Waals surface area (Å²) < 4.78 is 0. The SMILES string of the molecule is Cc1ccc(-c2nc(CN)cs2)cc1.Cl.Cl. The van der Waals surface area contributed by atoms with Gasteiger partial charge in [0.05, 0.1) is 5.69 Å². The Kier molecular flexibility index (Phi) is 6.60. The van der Waals surface area contributed by atoms with Crippen molar-refractivity contribution >= 4 is 36.2 Å². The second kappa shape index (κ2) is 6.86. The molecule has 2 nitrogen and oxygen atoms in total. The Hall–Kier alpha value is -0.610. The predicted octanol–water partition coefficient (Wildman–Crippen LogP) is 3.42. The third-order valence-corrected chi connectivity index (χ3v) is 3.00. The van der Waals surface area contributed by atoms with E-state index < -0.39 is 0 Å². The van der Waals surface area contributed by atoms with Gasteiger partial charge in [-0.3, -0.25) is 0 Å². The third-order valence-electron chi connectivity index (χ3n) is 2.06. The highest BCUT2D eigenvalue weighted by Crippen LogP contribution is 2.23. The van der Waals surface area contributed by atoms with Gasteiger partial charge in [-0.05, 0) is 6.92 Å². The first-order chi connectivity index (χ1) is 6.79. The van der Waals surface area contributed by atoms with Gasteiger partial charge in [0, 0.05) is 17.5 Å². The fraction of sp³-hybridized carbons (Fsp3) is 0.182. The normalized spacial score (nSPS) is 9.12. The zero-order valence-corrected chi connectivity index (χ0v) is 11.3. The molecule has 1 aromatic heterocycles. The maximum Gasteiger partial charge on any atom is 0.123 e. The second-order valence-electron chi connectivity index (χ2n) is 3.21. The Labute approximate surface area is 112 Å². The van der Waals surface area contributed by atoms with Crippen LogP contribution in [0.1, 0.15) is 11.3 Å². The molecule has 2 rings (SSSR count). The summed E-state index contributed by atoms with van der Waals surface area (Å²) in [7, 11) is 0. The molecule has 0 fully saturated rings. The van der Waals surface area contributed by atoms with Gasteiger partial charge in [0.1, 0.15) is 5.01 Å². The average molecular weight is 277 g/mol. The van der Waals surface area contributed by atoms with Crippen LogP contribution in [0.3, 0.4) is 0 Å². The predicted molar refractivity (Wildman–Crippen MR) is 74.7 cm³/mol. The largest absolute Gasteiger partial charge is 0.325 e. The zero-order valence-electron chi connectivity index (χ0n) is 8.84. The summed E-state index contributed by atoms with van der Waals surface area (Å²) in [4.78, 5) is 4.42. The van der Waals surface area contributed by atoms with Crippen LogP contribution in [0, 0.1) is 6.92 Å². The number of halogens is 2. The van der Waals surface area contributed by atoms with Gasteiger partial charge < -0.3 is 5.73 Å². The number of benzene rings is 1. The van der Waals surface area contributed by atoms with Crippen molar-refractivity contribution in [1.82, 2.24) is 4.98 Å². The summed E-state index contributed by atoms with van der Waals surface area (Å²) in [6.07, 6.45) is 0. The molecule has 0 saturated carbocycles. The van der Waals surface area contributed by atoms with Crippen LogP contribution >= 0.6 is 36.2 Å². The highest BCUT2D eigenvalue weighted by molar-refractivity contribution is 7.13. The lowest BCUT2D eigenvalue weighted by atomic mass is 10.2. The summed E-state index contributed by atoms with van der Waals surface area (Å²) in [5, 5.41) is 3.06. The highest BCUT2D eigenvalue weighted by atomic mass is 35.5. The first-order valence-electron chi connectivity index (χ1n) is 4.51. The Morgan fingerprint density at radius 1 is 1.19 bits per heavy atom. The van der Waals surface area contributed by atoms with Gasteiger partial charge in [0.25, 0.3) is 0 Å². The first-order valence-corrected chi connectivity index (χ1v) is 5.39. The molecule has 0 amide bonds. The van der Waals surface area contributed by atoms with Crippen molar-refractivity contribution in [2.24, 2.45) is 5.73 Å². The van der Waals surface area contributed by atoms with Crippen molar-refractivity contribution in [3.63, 3.8) is 0 Å². The molecule has 2 N–H and O–H groups in total. The van der Waals surface area contributed by atoms with E-state index in [9.17, 15) is 0 Å². The summed E-state index contributed by atoms with van der Waals surface area (Å²) in [6.45, 7) is 2.60. The van der Waals surface area contributed by atoms with E-state index in [1.165, 1.54) is 11.1 Å². The second-order valence-corrected chi connectivity index (χ2v) is 4.07. The van der Waals surface area contributed by atoms with Gasteiger partial charge in [-0.1, -0.05) is 29.8 Å². The van der Waals surface area contributed by atoms with E-state index in [1.807, 2.05) is 5.38 Å². The monoisotopic (exact) mass is 276 g/mol. The Balaban J connectivity index is 0.00000112. The molecule has 16 heavy (non-hydrogen) atoms. The number of rotatable bonds is 2. The minimum Gasteiger partial charge on any atom is -0.325 e. The number of aromatic nitrogens is 1. The third kappa shape index (κ3) is 3.46. The van der Waals surface area contributed by atoms with E-state index >= 15 is 0 Å². The molecular formula is C11H14Cl2N2S. The fourth-order valence-electron chi connectivity index (χ4n) is 1.23. The summed E-state index contributed by atoms with van der Waals surface area (Å²) in [6, 6.07) is 8.38. The molecule has 0 aliphatic carbocycles. The topological polar surface area (TPSA) is 38.9 Å². The molecule has 0 radical (unpaired) electrons. The van der Waals surface area contributed by atoms with Crippen LogP contribution in [-0.4, -0.2) is 4.98 Å². The molecule has 1 aromatic carbocycles. The van der Waals surface area contributed by atoms with E-state index in [0.717, 1.165) is 10.7 Å². The summed E-state index contributed by atoms with van der Waals surface area (Å²) in [5.41, 5.74) is 8.91. The number of nitrogens with two attached hydrogens (primary N) is 1. The van der Waals surface area contributed by atoms with Crippen LogP contribution in [0.4, 0.5) is 0 Å². The smallest absolute Gasteiger partial charge is 0.123 e. The van der Waals surface area contributed by atoms with Gasteiger partial charge in [0.15, 0.2) is 0 Å². The molecule has 2 aromatic rings. The van der Waals surface area contributed by atoms with Crippen LogP contribution in [0.5, 0.6) is 0 Å². The first kappa shape index (κ1) is 15.4. The fourth-order valence-corrected chi connectivity index (χ4v) is 2.07. The molecule has 0 atom stereocenters. The van der Waals surface area contributed by atoms with Crippen molar-refractivity contribution < 1.29 is 0 Å². The van der Waals surface area contributed by atoms with Crippen molar-refractivity contribution in [1.29, 1.82) is 0 Å². The maximum absolute atomic E-state index is 5.51. The number of hydrogen-bond donors (Lipinski definition) is 1. The summed E-state index contributed by atoms with van der Waals surface area (Å²) in [5.74, 6) is 0. The zero-order chi connectivity index (χ0) is 9.97. The molecule has 0 unspecified atom stereocenters. The highest BCUT2D eigenvalue weighted by Gasteiger charge is 2.02. The molecular weight excluding hydrogens is 263 g/mol. The molecule has 0 saturated heterocycles. The molecule has 0 spiro atoms. The van der Waals surface area contributed by atoms with Crippen molar-refractivity contribution in [3.05, 3.63) is 40.9 Å². The van der Waals surface area contributed by atoms with Crippen LogP contribution in [-0.2, 0) is 6.54 Å². The van der Waals surface area contributed by atoms with Gasteiger partial charge in [-0.15, -0.1) is 36.2 Å². The lowest BCUT2D eigenvalue weighted by Gasteiger charge is -1.96. The molecule has 0 aliphatic rings. The van der Waals surface area contributed by atoms with Crippen molar-refractivity contribution in [2.75, 3.05) is 0 Å². The quantitative estimate of drug-likeness (QED) is 0.913. The number of thiazole rings is 1. The van der Waals surface area contributed by atoms with E-state index in [-0.39, 0.29) is 24.8 Å².